The van der Waals surface area contributed by atoms with Crippen molar-refractivity contribution in [3.8, 4) is 11.8 Å². The number of rotatable bonds is 8. The average molecular weight is 326 g/mol. The van der Waals surface area contributed by atoms with Gasteiger partial charge < -0.3 is 10.1 Å². The zero-order valence-corrected chi connectivity index (χ0v) is 13.5. The van der Waals surface area contributed by atoms with E-state index < -0.39 is 0 Å². The molecule has 0 atom stereocenters. The van der Waals surface area contributed by atoms with Gasteiger partial charge in [-0.2, -0.15) is 17.0 Å². The van der Waals surface area contributed by atoms with Gasteiger partial charge in [0.25, 0.3) is 5.91 Å². The summed E-state index contributed by atoms with van der Waals surface area (Å²) in [5, 5.41) is 11.8. The van der Waals surface area contributed by atoms with Crippen LogP contribution in [0.2, 0.25) is 0 Å². The van der Waals surface area contributed by atoms with Crippen molar-refractivity contribution >= 4 is 17.7 Å². The summed E-state index contributed by atoms with van der Waals surface area (Å²) >= 11 is 1.77. The van der Waals surface area contributed by atoms with E-state index in [1.165, 1.54) is 5.56 Å². The van der Waals surface area contributed by atoms with Gasteiger partial charge in [0.15, 0.2) is 6.61 Å². The Hall–Kier alpha value is -2.45. The van der Waals surface area contributed by atoms with Gasteiger partial charge in [-0.25, -0.2) is 0 Å². The molecule has 0 fully saturated rings. The largest absolute Gasteiger partial charge is 0.482 e. The minimum atomic E-state index is -0.182. The Labute approximate surface area is 140 Å². The number of carbonyl (C=O) groups is 1. The second-order valence-electron chi connectivity index (χ2n) is 4.78. The number of ether oxygens (including phenoxy) is 1. The molecule has 1 amide bonds. The first-order valence-corrected chi connectivity index (χ1v) is 8.45. The number of nitriles is 1. The molecule has 118 valence electrons. The molecule has 0 aliphatic carbocycles. The highest BCUT2D eigenvalue weighted by Crippen LogP contribution is 2.16. The molecule has 0 unspecified atom stereocenters. The molecule has 0 aliphatic rings. The number of para-hydroxylation sites is 1. The Morgan fingerprint density at radius 1 is 1.13 bits per heavy atom. The van der Waals surface area contributed by atoms with Crippen molar-refractivity contribution in [3.63, 3.8) is 0 Å². The SMILES string of the molecule is N#Cc1ccccc1OCC(=O)NCCSCc1ccccc1. The summed E-state index contributed by atoms with van der Waals surface area (Å²) in [5.41, 5.74) is 1.71. The highest BCUT2D eigenvalue weighted by atomic mass is 32.2. The van der Waals surface area contributed by atoms with Crippen LogP contribution in [0.25, 0.3) is 0 Å². The minimum absolute atomic E-state index is 0.0813. The summed E-state index contributed by atoms with van der Waals surface area (Å²) in [4.78, 5) is 11.7. The van der Waals surface area contributed by atoms with Gasteiger partial charge >= 0.3 is 0 Å². The van der Waals surface area contributed by atoms with E-state index in [9.17, 15) is 4.79 Å². The minimum Gasteiger partial charge on any atom is -0.482 e. The number of hydrogen-bond acceptors (Lipinski definition) is 4. The van der Waals surface area contributed by atoms with E-state index >= 15 is 0 Å². The number of thioether (sulfide) groups is 1. The second-order valence-corrected chi connectivity index (χ2v) is 5.89. The van der Waals surface area contributed by atoms with Gasteiger partial charge in [0.05, 0.1) is 5.56 Å². The lowest BCUT2D eigenvalue weighted by Gasteiger charge is -2.08. The number of carbonyl (C=O) groups excluding carboxylic acids is 1. The van der Waals surface area contributed by atoms with E-state index in [1.54, 1.807) is 36.0 Å². The van der Waals surface area contributed by atoms with E-state index in [-0.39, 0.29) is 12.5 Å². The van der Waals surface area contributed by atoms with Crippen molar-refractivity contribution in [1.82, 2.24) is 5.32 Å². The molecule has 0 heterocycles. The van der Waals surface area contributed by atoms with Crippen LogP contribution in [0.15, 0.2) is 54.6 Å². The molecular weight excluding hydrogens is 308 g/mol. The first kappa shape index (κ1) is 16.9. The summed E-state index contributed by atoms with van der Waals surface area (Å²) < 4.78 is 5.37. The maximum absolute atomic E-state index is 11.7. The predicted octanol–water partition coefficient (Wildman–Crippen LogP) is 2.99. The molecule has 2 aromatic carbocycles. The van der Waals surface area contributed by atoms with Gasteiger partial charge in [0.2, 0.25) is 0 Å². The maximum atomic E-state index is 11.7. The molecule has 0 spiro atoms. The summed E-state index contributed by atoms with van der Waals surface area (Å²) in [6, 6.07) is 19.1. The zero-order chi connectivity index (χ0) is 16.3. The molecule has 0 radical (unpaired) electrons. The molecule has 0 aromatic heterocycles. The van der Waals surface area contributed by atoms with Crippen LogP contribution in [-0.4, -0.2) is 24.8 Å². The van der Waals surface area contributed by atoms with Crippen molar-refractivity contribution in [3.05, 3.63) is 65.7 Å². The highest BCUT2D eigenvalue weighted by Gasteiger charge is 2.05. The fraction of sp³-hybridized carbons (Fsp3) is 0.222. The Balaban J connectivity index is 1.61. The van der Waals surface area contributed by atoms with Crippen LogP contribution >= 0.6 is 11.8 Å². The van der Waals surface area contributed by atoms with Gasteiger partial charge in [-0.05, 0) is 17.7 Å². The standard InChI is InChI=1S/C18H18N2O2S/c19-12-16-8-4-5-9-17(16)22-13-18(21)20-10-11-23-14-15-6-2-1-3-7-15/h1-9H,10-11,13-14H2,(H,20,21). The molecule has 0 saturated carbocycles. The lowest BCUT2D eigenvalue weighted by molar-refractivity contribution is -0.122. The summed E-state index contributed by atoms with van der Waals surface area (Å²) in [7, 11) is 0. The van der Waals surface area contributed by atoms with Crippen LogP contribution in [0.5, 0.6) is 5.75 Å². The summed E-state index contributed by atoms with van der Waals surface area (Å²) in [6.45, 7) is 0.516. The van der Waals surface area contributed by atoms with Crippen molar-refractivity contribution in [2.24, 2.45) is 0 Å². The molecule has 0 aliphatic heterocycles. The molecule has 1 N–H and O–H groups in total. The lowest BCUT2D eigenvalue weighted by Crippen LogP contribution is -2.30. The van der Waals surface area contributed by atoms with Crippen molar-refractivity contribution in [2.45, 2.75) is 5.75 Å². The number of nitrogens with one attached hydrogen (secondary N) is 1. The Morgan fingerprint density at radius 3 is 2.65 bits per heavy atom. The molecule has 2 aromatic rings. The highest BCUT2D eigenvalue weighted by molar-refractivity contribution is 7.98. The van der Waals surface area contributed by atoms with Gasteiger partial charge in [-0.15, -0.1) is 0 Å². The van der Waals surface area contributed by atoms with Crippen molar-refractivity contribution in [2.75, 3.05) is 18.9 Å². The van der Waals surface area contributed by atoms with E-state index in [0.29, 0.717) is 17.9 Å². The first-order valence-electron chi connectivity index (χ1n) is 7.30. The molecule has 5 heteroatoms. The molecule has 0 bridgehead atoms. The topological polar surface area (TPSA) is 62.1 Å². The van der Waals surface area contributed by atoms with Crippen molar-refractivity contribution < 1.29 is 9.53 Å². The normalized spacial score (nSPS) is 9.87. The van der Waals surface area contributed by atoms with Crippen LogP contribution in [0, 0.1) is 11.3 Å². The monoisotopic (exact) mass is 326 g/mol. The number of hydrogen-bond donors (Lipinski definition) is 1. The third kappa shape index (κ3) is 6.05. The van der Waals surface area contributed by atoms with Crippen LogP contribution < -0.4 is 10.1 Å². The van der Waals surface area contributed by atoms with Crippen molar-refractivity contribution in [1.29, 1.82) is 5.26 Å². The second kappa shape index (κ2) is 9.54. The Bertz CT molecular complexity index is 668. The molecule has 4 nitrogen and oxygen atoms in total. The number of nitrogens with zero attached hydrogens (tertiary/aromatic N) is 1. The fourth-order valence-electron chi connectivity index (χ4n) is 1.91. The van der Waals surface area contributed by atoms with Crippen LogP contribution in [0.1, 0.15) is 11.1 Å². The van der Waals surface area contributed by atoms with E-state index in [0.717, 1.165) is 11.5 Å². The summed E-state index contributed by atoms with van der Waals surface area (Å²) in [5.74, 6) is 2.03. The molecule has 0 saturated heterocycles. The third-order valence-electron chi connectivity index (χ3n) is 3.05. The smallest absolute Gasteiger partial charge is 0.257 e. The van der Waals surface area contributed by atoms with Gasteiger partial charge in [-0.3, -0.25) is 4.79 Å². The predicted molar refractivity (Wildman–Crippen MR) is 92.3 cm³/mol. The van der Waals surface area contributed by atoms with Crippen LogP contribution in [-0.2, 0) is 10.5 Å². The van der Waals surface area contributed by atoms with Crippen LogP contribution in [0.3, 0.4) is 0 Å². The van der Waals surface area contributed by atoms with Gasteiger partial charge in [0.1, 0.15) is 11.8 Å². The third-order valence-corrected chi connectivity index (χ3v) is 4.08. The fourth-order valence-corrected chi connectivity index (χ4v) is 2.72. The maximum Gasteiger partial charge on any atom is 0.257 e. The van der Waals surface area contributed by atoms with Gasteiger partial charge in [0, 0.05) is 18.1 Å². The number of benzene rings is 2. The lowest BCUT2D eigenvalue weighted by atomic mass is 10.2. The van der Waals surface area contributed by atoms with E-state index in [2.05, 4.69) is 17.4 Å². The van der Waals surface area contributed by atoms with E-state index in [4.69, 9.17) is 10.00 Å². The summed E-state index contributed by atoms with van der Waals surface area (Å²) in [6.07, 6.45) is 0. The van der Waals surface area contributed by atoms with E-state index in [1.807, 2.05) is 24.3 Å². The molecule has 23 heavy (non-hydrogen) atoms. The molecule has 2 rings (SSSR count). The number of amides is 1. The molecular formula is C18H18N2O2S. The average Bonchev–Trinajstić information content (AvgIpc) is 2.60. The Kier molecular flexibility index (Phi) is 7.02. The Morgan fingerprint density at radius 2 is 1.87 bits per heavy atom. The quantitative estimate of drug-likeness (QED) is 0.758. The zero-order valence-electron chi connectivity index (χ0n) is 12.7. The first-order chi connectivity index (χ1) is 11.3. The van der Waals surface area contributed by atoms with Crippen LogP contribution in [0.4, 0.5) is 0 Å². The van der Waals surface area contributed by atoms with Gasteiger partial charge in [-0.1, -0.05) is 42.5 Å².